The van der Waals surface area contributed by atoms with Crippen molar-refractivity contribution in [1.29, 1.82) is 0 Å². The Morgan fingerprint density at radius 1 is 1.21 bits per heavy atom. The molecule has 3 nitrogen and oxygen atoms in total. The van der Waals surface area contributed by atoms with Crippen molar-refractivity contribution in [3.63, 3.8) is 0 Å². The summed E-state index contributed by atoms with van der Waals surface area (Å²) in [7, 11) is 0. The molecule has 0 aliphatic carbocycles. The quantitative estimate of drug-likeness (QED) is 0.611. The van der Waals surface area contributed by atoms with Crippen LogP contribution in [-0.4, -0.2) is 24.6 Å². The molecule has 2 aromatic rings. The fourth-order valence-electron chi connectivity index (χ4n) is 1.75. The van der Waals surface area contributed by atoms with Gasteiger partial charge in [0.05, 0.1) is 3.79 Å². The molecule has 0 bridgehead atoms. The van der Waals surface area contributed by atoms with Crippen molar-refractivity contribution in [3.05, 3.63) is 50.6 Å². The molecule has 0 saturated heterocycles. The lowest BCUT2D eigenvalue weighted by molar-refractivity contribution is -0.274. The van der Waals surface area contributed by atoms with E-state index in [1.165, 1.54) is 17.0 Å². The van der Waals surface area contributed by atoms with Gasteiger partial charge in [0.1, 0.15) is 5.75 Å². The van der Waals surface area contributed by atoms with E-state index in [0.717, 1.165) is 27.4 Å². The molecule has 0 unspecified atom stereocenters. The number of carbonyl (C=O) groups excluding carboxylic acids is 1. The largest absolute Gasteiger partial charge is 0.573 e. The fourth-order valence-corrected chi connectivity index (χ4v) is 4.20. The number of nitrogens with one attached hydrogen (secondary N) is 1. The number of thiophene rings is 1. The summed E-state index contributed by atoms with van der Waals surface area (Å²) < 4.78 is 41.0. The Morgan fingerprint density at radius 2 is 1.92 bits per heavy atom. The Hall–Kier alpha value is -1.19. The first-order valence-corrected chi connectivity index (χ1v) is 9.56. The average molecular weight is 440 g/mol. The Balaban J connectivity index is 1.70. The molecule has 1 aromatic heterocycles. The van der Waals surface area contributed by atoms with Gasteiger partial charge in [0, 0.05) is 28.5 Å². The van der Waals surface area contributed by atoms with Crippen LogP contribution in [0.25, 0.3) is 0 Å². The summed E-state index contributed by atoms with van der Waals surface area (Å²) in [4.78, 5) is 13.1. The van der Waals surface area contributed by atoms with Gasteiger partial charge < -0.3 is 10.1 Å². The summed E-state index contributed by atoms with van der Waals surface area (Å²) in [6.45, 7) is 0.483. The summed E-state index contributed by atoms with van der Waals surface area (Å²) in [6, 6.07) is 8.87. The van der Waals surface area contributed by atoms with Crippen molar-refractivity contribution in [2.45, 2.75) is 12.1 Å². The molecule has 24 heavy (non-hydrogen) atoms. The molecule has 0 radical (unpaired) electrons. The molecule has 1 heterocycles. The molecule has 1 aromatic carbocycles. The molecular formula is C15H13BrF3NO2S2. The van der Waals surface area contributed by atoms with Gasteiger partial charge in [-0.3, -0.25) is 4.79 Å². The fraction of sp³-hybridized carbons (Fsp3) is 0.267. The molecule has 0 atom stereocenters. The van der Waals surface area contributed by atoms with Crippen molar-refractivity contribution in [2.24, 2.45) is 0 Å². The highest BCUT2D eigenvalue weighted by Gasteiger charge is 2.31. The van der Waals surface area contributed by atoms with Crippen LogP contribution in [0, 0.1) is 0 Å². The molecular weight excluding hydrogens is 427 g/mol. The Kier molecular flexibility index (Phi) is 7.00. The zero-order valence-electron chi connectivity index (χ0n) is 12.2. The predicted molar refractivity (Wildman–Crippen MR) is 93.6 cm³/mol. The zero-order valence-corrected chi connectivity index (χ0v) is 15.4. The minimum atomic E-state index is -4.74. The van der Waals surface area contributed by atoms with Gasteiger partial charge in [0.25, 0.3) is 5.91 Å². The van der Waals surface area contributed by atoms with Gasteiger partial charge in [-0.1, -0.05) is 0 Å². The van der Waals surface area contributed by atoms with Crippen molar-refractivity contribution >= 4 is 44.9 Å². The van der Waals surface area contributed by atoms with Crippen LogP contribution in [0.1, 0.15) is 15.2 Å². The summed E-state index contributed by atoms with van der Waals surface area (Å²) in [5.41, 5.74) is 0.289. The topological polar surface area (TPSA) is 38.3 Å². The van der Waals surface area contributed by atoms with Crippen LogP contribution in [-0.2, 0) is 5.75 Å². The van der Waals surface area contributed by atoms with Crippen molar-refractivity contribution in [3.8, 4) is 5.75 Å². The lowest BCUT2D eigenvalue weighted by Gasteiger charge is -2.09. The first-order chi connectivity index (χ1) is 11.3. The first-order valence-electron chi connectivity index (χ1n) is 6.79. The summed E-state index contributed by atoms with van der Waals surface area (Å²) >= 11 is 6.77. The first kappa shape index (κ1) is 19.1. The maximum atomic E-state index is 12.1. The van der Waals surface area contributed by atoms with Gasteiger partial charge >= 0.3 is 6.36 Å². The van der Waals surface area contributed by atoms with E-state index >= 15 is 0 Å². The molecule has 2 rings (SSSR count). The number of carbonyl (C=O) groups is 1. The Bertz CT molecular complexity index is 674. The summed E-state index contributed by atoms with van der Waals surface area (Å²) in [5, 5.41) is 2.73. The van der Waals surface area contributed by atoms with E-state index < -0.39 is 6.36 Å². The highest BCUT2D eigenvalue weighted by Crippen LogP contribution is 2.25. The van der Waals surface area contributed by atoms with Crippen molar-refractivity contribution in [1.82, 2.24) is 5.32 Å². The van der Waals surface area contributed by atoms with Crippen molar-refractivity contribution in [2.75, 3.05) is 12.3 Å². The molecule has 0 fully saturated rings. The van der Waals surface area contributed by atoms with Gasteiger partial charge in [-0.15, -0.1) is 24.5 Å². The maximum absolute atomic E-state index is 12.1. The van der Waals surface area contributed by atoms with Crippen LogP contribution in [0.5, 0.6) is 5.75 Å². The maximum Gasteiger partial charge on any atom is 0.573 e. The van der Waals surface area contributed by atoms with Gasteiger partial charge in [0.2, 0.25) is 0 Å². The smallest absolute Gasteiger partial charge is 0.406 e. The van der Waals surface area contributed by atoms with Crippen LogP contribution in [0.3, 0.4) is 0 Å². The van der Waals surface area contributed by atoms with E-state index in [1.807, 2.05) is 12.1 Å². The number of hydrogen-bond donors (Lipinski definition) is 1. The molecule has 1 N–H and O–H groups in total. The molecule has 1 amide bonds. The van der Waals surface area contributed by atoms with Crippen LogP contribution < -0.4 is 10.1 Å². The number of alkyl halides is 3. The third kappa shape index (κ3) is 6.74. The van der Waals surface area contributed by atoms with Crippen molar-refractivity contribution < 1.29 is 22.7 Å². The Morgan fingerprint density at radius 3 is 2.50 bits per heavy atom. The third-order valence-corrected chi connectivity index (χ3v) is 5.57. The van der Waals surface area contributed by atoms with Gasteiger partial charge in [0.15, 0.2) is 0 Å². The van der Waals surface area contributed by atoms with E-state index in [0.29, 0.717) is 6.54 Å². The predicted octanol–water partition coefficient (Wildman–Crippen LogP) is 5.07. The molecule has 0 spiro atoms. The highest BCUT2D eigenvalue weighted by molar-refractivity contribution is 9.11. The van der Waals surface area contributed by atoms with Gasteiger partial charge in [-0.25, -0.2) is 0 Å². The molecule has 130 valence electrons. The van der Waals surface area contributed by atoms with Gasteiger partial charge in [-0.2, -0.15) is 11.8 Å². The molecule has 0 saturated carbocycles. The minimum Gasteiger partial charge on any atom is -0.406 e. The van der Waals surface area contributed by atoms with E-state index in [2.05, 4.69) is 26.0 Å². The van der Waals surface area contributed by atoms with Crippen LogP contribution in [0.2, 0.25) is 0 Å². The number of benzene rings is 1. The monoisotopic (exact) mass is 439 g/mol. The van der Waals surface area contributed by atoms with E-state index in [9.17, 15) is 18.0 Å². The van der Waals surface area contributed by atoms with Gasteiger partial charge in [-0.05, 0) is 52.3 Å². The zero-order chi connectivity index (χ0) is 17.6. The summed E-state index contributed by atoms with van der Waals surface area (Å²) in [5.74, 6) is 0.941. The second-order valence-electron chi connectivity index (χ2n) is 4.59. The molecule has 0 aliphatic rings. The number of ether oxygens (including phenoxy) is 1. The number of halogens is 4. The molecule has 0 aliphatic heterocycles. The van der Waals surface area contributed by atoms with Crippen LogP contribution in [0.15, 0.2) is 40.2 Å². The summed E-state index contributed by atoms with van der Waals surface area (Å²) in [6.07, 6.45) is -4.74. The van der Waals surface area contributed by atoms with Crippen LogP contribution in [0.4, 0.5) is 13.2 Å². The number of amides is 1. The Labute approximate surface area is 153 Å². The number of thioether (sulfide) groups is 1. The third-order valence-electron chi connectivity index (χ3n) is 2.76. The minimum absolute atomic E-state index is 0.289. The normalized spacial score (nSPS) is 11.3. The average Bonchev–Trinajstić information content (AvgIpc) is 2.91. The van der Waals surface area contributed by atoms with E-state index in [-0.39, 0.29) is 17.2 Å². The second-order valence-corrected chi connectivity index (χ2v) is 8.24. The molecule has 9 heteroatoms. The second kappa shape index (κ2) is 8.77. The van der Waals surface area contributed by atoms with E-state index in [1.54, 1.807) is 23.1 Å². The van der Waals surface area contributed by atoms with Crippen LogP contribution >= 0.6 is 39.0 Å². The number of rotatable bonds is 7. The lowest BCUT2D eigenvalue weighted by Crippen LogP contribution is -2.25. The number of hydrogen-bond acceptors (Lipinski definition) is 4. The standard InChI is InChI=1S/C15H13BrF3NO2S2/c16-13-6-5-12(24-13)9-23-8-7-20-14(21)10-1-3-11(4-2-10)22-15(17,18)19/h1-6H,7-9H2,(H,20,21). The lowest BCUT2D eigenvalue weighted by atomic mass is 10.2. The van der Waals surface area contributed by atoms with E-state index in [4.69, 9.17) is 0 Å². The SMILES string of the molecule is O=C(NCCSCc1ccc(Br)s1)c1ccc(OC(F)(F)F)cc1. The highest BCUT2D eigenvalue weighted by atomic mass is 79.9.